The van der Waals surface area contributed by atoms with Crippen LogP contribution in [0.2, 0.25) is 0 Å². The van der Waals surface area contributed by atoms with E-state index in [-0.39, 0.29) is 44.6 Å². The molecule has 0 aliphatic carbocycles. The van der Waals surface area contributed by atoms with E-state index in [4.69, 9.17) is 22.9 Å². The summed E-state index contributed by atoms with van der Waals surface area (Å²) in [5.41, 5.74) is 27.3. The number of carboxylic acid groups (broad SMARTS) is 1. The summed E-state index contributed by atoms with van der Waals surface area (Å²) in [5.74, 6) is -8.07. The van der Waals surface area contributed by atoms with Crippen molar-refractivity contribution in [1.82, 2.24) is 52.2 Å². The fourth-order valence-corrected chi connectivity index (χ4v) is 10.0. The van der Waals surface area contributed by atoms with Crippen LogP contribution in [-0.2, 0) is 57.6 Å². The molecule has 3 aromatic carbocycles. The number of hydrogen-bond donors (Lipinski definition) is 15. The van der Waals surface area contributed by atoms with Gasteiger partial charge < -0.3 is 80.2 Å². The van der Waals surface area contributed by atoms with E-state index in [1.54, 1.807) is 60.1 Å². The summed E-state index contributed by atoms with van der Waals surface area (Å²) < 4.78 is 0. The number of nitrogens with one attached hydrogen (secondary N) is 10. The number of aromatic nitrogens is 3. The first-order valence-corrected chi connectivity index (χ1v) is 28.6. The maximum Gasteiger partial charge on any atom is 0.326 e. The number of aliphatic carboxylic acids is 1. The minimum Gasteiger partial charge on any atom is -0.480 e. The van der Waals surface area contributed by atoms with Gasteiger partial charge in [0.2, 0.25) is 41.4 Å². The Morgan fingerprint density at radius 2 is 0.810 bits per heavy atom. The Morgan fingerprint density at radius 1 is 0.464 bits per heavy atom. The molecule has 0 aliphatic rings. The smallest absolute Gasteiger partial charge is 0.326 e. The number of aromatic amines is 3. The maximum atomic E-state index is 14.9. The largest absolute Gasteiger partial charge is 0.480 e. The molecular weight excluding hydrogens is 1070 g/mol. The number of fused-ring (bicyclic) bond motifs is 3. The zero-order valence-corrected chi connectivity index (χ0v) is 48.6. The molecule has 24 nitrogen and oxygen atoms in total. The summed E-state index contributed by atoms with van der Waals surface area (Å²) >= 11 is 0. The van der Waals surface area contributed by atoms with Gasteiger partial charge in [-0.1, -0.05) is 96.1 Å². The van der Waals surface area contributed by atoms with Crippen molar-refractivity contribution in [3.8, 4) is 0 Å². The predicted octanol–water partition coefficient (Wildman–Crippen LogP) is 2.11. The van der Waals surface area contributed by atoms with E-state index in [1.165, 1.54) is 0 Å². The number of rotatable bonds is 32. The van der Waals surface area contributed by atoms with E-state index in [0.29, 0.717) is 42.5 Å². The number of para-hydroxylation sites is 3. The molecule has 0 aliphatic heterocycles. The third-order valence-corrected chi connectivity index (χ3v) is 14.8. The minimum absolute atomic E-state index is 0.0163. The van der Waals surface area contributed by atoms with Gasteiger partial charge in [0.05, 0.1) is 6.04 Å². The number of amides is 7. The molecule has 0 unspecified atom stereocenters. The highest BCUT2D eigenvalue weighted by Gasteiger charge is 2.37. The average molecular weight is 1160 g/mol. The van der Waals surface area contributed by atoms with Crippen LogP contribution in [0.5, 0.6) is 0 Å². The van der Waals surface area contributed by atoms with Crippen LogP contribution in [0.3, 0.4) is 0 Å². The fraction of sp³-hybridized carbons (Fsp3) is 0.450. The number of unbranched alkanes of at least 4 members (excludes halogenated alkanes) is 1. The molecule has 6 aromatic rings. The number of aliphatic imine (C=N–C) groups is 1. The lowest BCUT2D eigenvalue weighted by Gasteiger charge is -2.30. The lowest BCUT2D eigenvalue weighted by molar-refractivity contribution is -0.142. The number of nitrogens with two attached hydrogens (primary N) is 4. The van der Waals surface area contributed by atoms with Crippen LogP contribution in [0.1, 0.15) is 90.3 Å². The van der Waals surface area contributed by atoms with Crippen molar-refractivity contribution < 1.29 is 43.5 Å². The lowest BCUT2D eigenvalue weighted by atomic mass is 9.97. The van der Waals surface area contributed by atoms with E-state index in [1.807, 2.05) is 72.8 Å². The highest BCUT2D eigenvalue weighted by Crippen LogP contribution is 2.23. The normalized spacial score (nSPS) is 14.4. The molecular formula is C60H83N15O9. The van der Waals surface area contributed by atoms with E-state index in [0.717, 1.165) is 32.7 Å². The summed E-state index contributed by atoms with van der Waals surface area (Å²) in [4.78, 5) is 127. The Hall–Kier alpha value is -8.77. The van der Waals surface area contributed by atoms with Gasteiger partial charge in [-0.05, 0) is 91.3 Å². The molecule has 452 valence electrons. The Labute approximate surface area is 488 Å². The van der Waals surface area contributed by atoms with Gasteiger partial charge >= 0.3 is 5.97 Å². The lowest BCUT2D eigenvalue weighted by Crippen LogP contribution is -2.62. The molecule has 0 radical (unpaired) electrons. The third-order valence-electron chi connectivity index (χ3n) is 14.8. The number of carbonyl (C=O) groups excluding carboxylic acids is 7. The van der Waals surface area contributed by atoms with Crippen LogP contribution in [0, 0.1) is 17.8 Å². The van der Waals surface area contributed by atoms with Crippen molar-refractivity contribution in [2.45, 2.75) is 141 Å². The Bertz CT molecular complexity index is 3270. The van der Waals surface area contributed by atoms with Gasteiger partial charge in [-0.2, -0.15) is 0 Å². The standard InChI is InChI=1S/C60H83N15O9/c1-32(2)49(73-54(78)47(27-36-30-67-43-21-11-8-17-39(36)43)70-52(76)41(62)19-15-25-65-60(63)64)56(80)72-48(28-37-31-68-44-22-12-9-18-40(37)44)55(79)74-51(34(5)6)58(82)75-50(33(3)4)57(81)71-46(26-35-29-66-42-20-10-7-16-38(35)42)53(77)69-45(59(83)84)23-13-14-24-61/h7-12,16-18,20-22,29-34,41,45-51,66-68H,13-15,19,23-28,61-62H2,1-6H3,(H,69,77)(H,70,76)(H,71,81)(H,72,80)(H,73,78)(H,74,79)(H,75,82)(H,83,84)(H4,63,64,65)/t41-,45-,46-,47-,48-,49-,50-,51-/m0/s1. The van der Waals surface area contributed by atoms with Crippen molar-refractivity contribution in [1.29, 1.82) is 0 Å². The van der Waals surface area contributed by atoms with Gasteiger partial charge in [-0.25, -0.2) is 4.79 Å². The zero-order valence-electron chi connectivity index (χ0n) is 48.6. The van der Waals surface area contributed by atoms with Crippen molar-refractivity contribution >= 4 is 86.0 Å². The number of nitrogens with zero attached hydrogens (tertiary/aromatic N) is 1. The molecule has 0 saturated carbocycles. The van der Waals surface area contributed by atoms with Crippen molar-refractivity contribution in [3.05, 3.63) is 108 Å². The molecule has 19 N–H and O–H groups in total. The summed E-state index contributed by atoms with van der Waals surface area (Å²) in [6.45, 7) is 10.8. The predicted molar refractivity (Wildman–Crippen MR) is 322 cm³/mol. The molecule has 0 saturated heterocycles. The number of hydrogen-bond acceptors (Lipinski definition) is 11. The van der Waals surface area contributed by atoms with Gasteiger partial charge in [0.1, 0.15) is 42.3 Å². The van der Waals surface area contributed by atoms with E-state index < -0.39 is 113 Å². The first-order valence-electron chi connectivity index (χ1n) is 28.6. The van der Waals surface area contributed by atoms with Crippen LogP contribution in [-0.4, -0.2) is 135 Å². The maximum absolute atomic E-state index is 14.9. The van der Waals surface area contributed by atoms with E-state index >= 15 is 0 Å². The molecule has 8 atom stereocenters. The van der Waals surface area contributed by atoms with E-state index in [9.17, 15) is 43.5 Å². The highest BCUT2D eigenvalue weighted by atomic mass is 16.4. The van der Waals surface area contributed by atoms with Gasteiger partial charge in [0.25, 0.3) is 0 Å². The first-order chi connectivity index (χ1) is 40.1. The Morgan fingerprint density at radius 3 is 1.18 bits per heavy atom. The van der Waals surface area contributed by atoms with Crippen LogP contribution >= 0.6 is 0 Å². The van der Waals surface area contributed by atoms with Crippen LogP contribution in [0.25, 0.3) is 32.7 Å². The molecule has 24 heteroatoms. The monoisotopic (exact) mass is 1160 g/mol. The van der Waals surface area contributed by atoms with E-state index in [2.05, 4.69) is 57.2 Å². The molecule has 0 spiro atoms. The number of H-pyrrole nitrogens is 3. The number of benzene rings is 3. The molecule has 84 heavy (non-hydrogen) atoms. The van der Waals surface area contributed by atoms with Crippen LogP contribution in [0.15, 0.2) is 96.4 Å². The van der Waals surface area contributed by atoms with Gasteiger partial charge in [0, 0.05) is 77.1 Å². The third kappa shape index (κ3) is 17.6. The number of guanidine groups is 1. The topological polar surface area (TPSA) is 405 Å². The average Bonchev–Trinajstić information content (AvgIpc) is 3.82. The summed E-state index contributed by atoms with van der Waals surface area (Å²) in [7, 11) is 0. The Kier molecular flexibility index (Phi) is 23.4. The van der Waals surface area contributed by atoms with Crippen molar-refractivity contribution in [2.24, 2.45) is 45.7 Å². The summed E-state index contributed by atoms with van der Waals surface area (Å²) in [6, 6.07) is 12.3. The van der Waals surface area contributed by atoms with Gasteiger partial charge in [0.15, 0.2) is 5.96 Å². The molecule has 3 aromatic heterocycles. The minimum atomic E-state index is -1.35. The van der Waals surface area contributed by atoms with Gasteiger partial charge in [-0.3, -0.25) is 38.6 Å². The summed E-state index contributed by atoms with van der Waals surface area (Å²) in [5, 5.41) is 32.0. The Balaban J connectivity index is 1.23. The molecule has 0 fully saturated rings. The molecule has 0 bridgehead atoms. The van der Waals surface area contributed by atoms with Gasteiger partial charge in [-0.15, -0.1) is 0 Å². The number of carbonyl (C=O) groups is 8. The fourth-order valence-electron chi connectivity index (χ4n) is 10.0. The van der Waals surface area contributed by atoms with Crippen LogP contribution < -0.4 is 60.2 Å². The van der Waals surface area contributed by atoms with Crippen molar-refractivity contribution in [2.75, 3.05) is 13.1 Å². The second kappa shape index (κ2) is 30.5. The molecule has 7 amide bonds. The first kappa shape index (κ1) is 64.4. The molecule has 6 rings (SSSR count). The second-order valence-corrected chi connectivity index (χ2v) is 22.3. The SMILES string of the molecule is CC(C)[C@H](NC(=O)[C@H](Cc1c[nH]c2ccccc12)NC(=O)[C@@H](N)CCCN=C(N)N)C(=O)N[C@@H](Cc1c[nH]c2ccccc12)C(=O)N[C@H](C(=O)N[C@H](C(=O)N[C@@H](Cc1c[nH]c2ccccc12)C(=O)N[C@@H](CCCCN)C(=O)O)C(C)C)C(C)C. The van der Waals surface area contributed by atoms with Crippen molar-refractivity contribution in [3.63, 3.8) is 0 Å². The summed E-state index contributed by atoms with van der Waals surface area (Å²) in [6.07, 6.45) is 6.76. The highest BCUT2D eigenvalue weighted by molar-refractivity contribution is 5.99. The zero-order chi connectivity index (χ0) is 61.2. The molecule has 3 heterocycles. The quantitative estimate of drug-likeness (QED) is 0.0164. The van der Waals surface area contributed by atoms with Crippen LogP contribution in [0.4, 0.5) is 0 Å². The second-order valence-electron chi connectivity index (χ2n) is 22.3. The number of carboxylic acids is 1.